The Kier molecular flexibility index (Phi) is 5.50. The number of aryl methyl sites for hydroxylation is 1. The van der Waals surface area contributed by atoms with E-state index < -0.39 is 6.04 Å². The zero-order chi connectivity index (χ0) is 17.6. The van der Waals surface area contributed by atoms with Crippen molar-refractivity contribution >= 4 is 11.8 Å². The highest BCUT2D eigenvalue weighted by molar-refractivity contribution is 5.93. The van der Waals surface area contributed by atoms with Crippen LogP contribution >= 0.6 is 0 Å². The number of hydrogen-bond acceptors (Lipinski definition) is 3. The molecule has 0 bridgehead atoms. The van der Waals surface area contributed by atoms with Crippen molar-refractivity contribution in [2.24, 2.45) is 7.05 Å². The Balaban J connectivity index is 1.73. The van der Waals surface area contributed by atoms with Gasteiger partial charge in [0.1, 0.15) is 11.7 Å². The van der Waals surface area contributed by atoms with Crippen molar-refractivity contribution in [1.29, 1.82) is 0 Å². The summed E-state index contributed by atoms with van der Waals surface area (Å²) in [5.74, 6) is -0.266. The molecule has 25 heavy (non-hydrogen) atoms. The minimum absolute atomic E-state index is 0.00178. The van der Waals surface area contributed by atoms with Gasteiger partial charge in [0.25, 0.3) is 5.91 Å². The maximum Gasteiger partial charge on any atom is 0.282 e. The van der Waals surface area contributed by atoms with Crippen LogP contribution in [0.5, 0.6) is 0 Å². The number of rotatable bonds is 5. The molecule has 1 aromatic heterocycles. The van der Waals surface area contributed by atoms with Gasteiger partial charge in [0, 0.05) is 26.3 Å². The quantitative estimate of drug-likeness (QED) is 0.819. The zero-order valence-corrected chi connectivity index (χ0v) is 14.4. The number of nitrogens with one attached hydrogen (secondary N) is 2. The minimum Gasteiger partial charge on any atom is -0.347 e. The topological polar surface area (TPSA) is 66.4 Å². The first-order valence-corrected chi connectivity index (χ1v) is 8.68. The van der Waals surface area contributed by atoms with Crippen molar-refractivity contribution < 1.29 is 9.59 Å². The number of hydrogen-bond donors (Lipinski definition) is 2. The molecular weight excluding hydrogens is 316 g/mol. The summed E-state index contributed by atoms with van der Waals surface area (Å²) in [6.07, 6.45) is 5.03. The first-order chi connectivity index (χ1) is 12.2. The fourth-order valence-electron chi connectivity index (χ4n) is 3.13. The number of carbonyl (C=O) groups is 2. The monoisotopic (exact) mass is 340 g/mol. The number of piperidine rings is 1. The van der Waals surface area contributed by atoms with Gasteiger partial charge in [-0.05, 0) is 37.0 Å². The Morgan fingerprint density at radius 2 is 1.72 bits per heavy atom. The summed E-state index contributed by atoms with van der Waals surface area (Å²) in [7, 11) is 1.81. The molecule has 1 aliphatic heterocycles. The van der Waals surface area contributed by atoms with E-state index in [1.807, 2.05) is 54.5 Å². The first kappa shape index (κ1) is 17.2. The van der Waals surface area contributed by atoms with Crippen LogP contribution in [0.25, 0.3) is 0 Å². The maximum absolute atomic E-state index is 13.0. The third-order valence-corrected chi connectivity index (χ3v) is 4.55. The van der Waals surface area contributed by atoms with Gasteiger partial charge in [-0.25, -0.2) is 5.43 Å². The van der Waals surface area contributed by atoms with Crippen LogP contribution in [-0.2, 0) is 11.8 Å². The smallest absolute Gasteiger partial charge is 0.282 e. The molecule has 0 aliphatic carbocycles. The third-order valence-electron chi connectivity index (χ3n) is 4.55. The van der Waals surface area contributed by atoms with E-state index in [-0.39, 0.29) is 11.8 Å². The van der Waals surface area contributed by atoms with Gasteiger partial charge in [0.15, 0.2) is 0 Å². The van der Waals surface area contributed by atoms with Crippen molar-refractivity contribution in [2.75, 3.05) is 13.1 Å². The van der Waals surface area contributed by atoms with E-state index in [1.165, 1.54) is 0 Å². The average molecular weight is 340 g/mol. The summed E-state index contributed by atoms with van der Waals surface area (Å²) >= 11 is 0. The third kappa shape index (κ3) is 4.09. The number of hydrazine groups is 1. The van der Waals surface area contributed by atoms with E-state index in [9.17, 15) is 9.59 Å². The van der Waals surface area contributed by atoms with Crippen molar-refractivity contribution in [1.82, 2.24) is 20.3 Å². The Labute approximate surface area is 147 Å². The predicted octanol–water partition coefficient (Wildman–Crippen LogP) is 2.01. The molecule has 6 nitrogen and oxygen atoms in total. The second kappa shape index (κ2) is 7.98. The van der Waals surface area contributed by atoms with E-state index in [1.54, 1.807) is 10.6 Å². The molecule has 0 unspecified atom stereocenters. The molecule has 6 heteroatoms. The lowest BCUT2D eigenvalue weighted by Gasteiger charge is -2.31. The first-order valence-electron chi connectivity index (χ1n) is 8.68. The van der Waals surface area contributed by atoms with Gasteiger partial charge in [0.05, 0.1) is 0 Å². The van der Waals surface area contributed by atoms with Gasteiger partial charge in [0.2, 0.25) is 5.91 Å². The molecule has 2 heterocycles. The fourth-order valence-corrected chi connectivity index (χ4v) is 3.13. The highest BCUT2D eigenvalue weighted by Crippen LogP contribution is 2.18. The molecule has 1 aromatic carbocycles. The van der Waals surface area contributed by atoms with Crippen molar-refractivity contribution in [3.63, 3.8) is 0 Å². The van der Waals surface area contributed by atoms with E-state index in [0.717, 1.165) is 37.9 Å². The van der Waals surface area contributed by atoms with Gasteiger partial charge >= 0.3 is 0 Å². The summed E-state index contributed by atoms with van der Waals surface area (Å²) in [6.45, 7) is 1.55. The number of nitrogens with zero attached hydrogens (tertiary/aromatic N) is 2. The molecule has 2 N–H and O–H groups in total. The van der Waals surface area contributed by atoms with Crippen LogP contribution < -0.4 is 10.9 Å². The van der Waals surface area contributed by atoms with Crippen LogP contribution in [0.4, 0.5) is 0 Å². The van der Waals surface area contributed by atoms with E-state index >= 15 is 0 Å². The van der Waals surface area contributed by atoms with Crippen LogP contribution in [0.15, 0.2) is 48.7 Å². The Hall–Kier alpha value is -2.60. The Morgan fingerprint density at radius 1 is 1.00 bits per heavy atom. The molecule has 1 fully saturated rings. The van der Waals surface area contributed by atoms with Gasteiger partial charge in [-0.15, -0.1) is 0 Å². The molecule has 1 aliphatic rings. The Bertz CT molecular complexity index is 720. The van der Waals surface area contributed by atoms with E-state index in [4.69, 9.17) is 0 Å². The molecule has 0 saturated carbocycles. The highest BCUT2D eigenvalue weighted by Gasteiger charge is 2.27. The number of benzene rings is 1. The number of aromatic nitrogens is 1. The lowest BCUT2D eigenvalue weighted by molar-refractivity contribution is -0.134. The highest BCUT2D eigenvalue weighted by atomic mass is 16.2. The largest absolute Gasteiger partial charge is 0.347 e. The molecule has 132 valence electrons. The summed E-state index contributed by atoms with van der Waals surface area (Å²) in [5, 5.41) is 0. The van der Waals surface area contributed by atoms with Crippen molar-refractivity contribution in [3.8, 4) is 0 Å². The molecule has 1 atom stereocenters. The number of carbonyl (C=O) groups excluding carboxylic acids is 2. The summed E-state index contributed by atoms with van der Waals surface area (Å²) in [6, 6.07) is 12.4. The molecule has 2 aromatic rings. The molecule has 1 saturated heterocycles. The molecular formula is C19H24N4O2. The van der Waals surface area contributed by atoms with Crippen LogP contribution in [-0.4, -0.2) is 34.4 Å². The minimum atomic E-state index is -0.594. The predicted molar refractivity (Wildman–Crippen MR) is 95.6 cm³/mol. The lowest BCUT2D eigenvalue weighted by Crippen LogP contribution is -2.49. The summed E-state index contributed by atoms with van der Waals surface area (Å²) in [4.78, 5) is 27.2. The van der Waals surface area contributed by atoms with Gasteiger partial charge in [-0.3, -0.25) is 15.0 Å². The second-order valence-corrected chi connectivity index (χ2v) is 6.33. The summed E-state index contributed by atoms with van der Waals surface area (Å²) < 4.78 is 1.74. The SMILES string of the molecule is Cn1cccc1C(=O)NN[C@@H](C(=O)N1CCCCC1)c1ccccc1. The van der Waals surface area contributed by atoms with Gasteiger partial charge < -0.3 is 9.47 Å². The molecule has 0 radical (unpaired) electrons. The Morgan fingerprint density at radius 3 is 2.36 bits per heavy atom. The van der Waals surface area contributed by atoms with Gasteiger partial charge in [-0.2, -0.15) is 0 Å². The standard InChI is InChI=1S/C19H24N4O2/c1-22-12-8-11-16(22)18(24)21-20-17(15-9-4-2-5-10-15)19(25)23-13-6-3-7-14-23/h2,4-5,8-12,17,20H,3,6-7,13-14H2,1H3,(H,21,24)/t17-/m1/s1. The normalized spacial score (nSPS) is 15.6. The zero-order valence-electron chi connectivity index (χ0n) is 14.4. The molecule has 3 rings (SSSR count). The number of amides is 2. The summed E-state index contributed by atoms with van der Waals surface area (Å²) in [5.41, 5.74) is 7.00. The van der Waals surface area contributed by atoms with Crippen LogP contribution in [0.1, 0.15) is 41.4 Å². The van der Waals surface area contributed by atoms with Gasteiger partial charge in [-0.1, -0.05) is 30.3 Å². The lowest BCUT2D eigenvalue weighted by atomic mass is 10.0. The van der Waals surface area contributed by atoms with E-state index in [0.29, 0.717) is 5.69 Å². The van der Waals surface area contributed by atoms with Crippen LogP contribution in [0.3, 0.4) is 0 Å². The molecule has 0 spiro atoms. The van der Waals surface area contributed by atoms with Crippen LogP contribution in [0, 0.1) is 0 Å². The van der Waals surface area contributed by atoms with E-state index in [2.05, 4.69) is 10.9 Å². The van der Waals surface area contributed by atoms with Crippen molar-refractivity contribution in [3.05, 3.63) is 59.9 Å². The fraction of sp³-hybridized carbons (Fsp3) is 0.368. The molecule has 2 amide bonds. The maximum atomic E-state index is 13.0. The van der Waals surface area contributed by atoms with Crippen molar-refractivity contribution in [2.45, 2.75) is 25.3 Å². The average Bonchev–Trinajstić information content (AvgIpc) is 3.09. The number of likely N-dealkylation sites (tertiary alicyclic amines) is 1. The second-order valence-electron chi connectivity index (χ2n) is 6.33. The van der Waals surface area contributed by atoms with Crippen LogP contribution in [0.2, 0.25) is 0 Å².